The molecule has 0 radical (unpaired) electrons. The molecule has 0 aromatic heterocycles. The fraction of sp³-hybridized carbons (Fsp3) is 0.462. The van der Waals surface area contributed by atoms with E-state index in [4.69, 9.17) is 4.74 Å². The van der Waals surface area contributed by atoms with Crippen molar-refractivity contribution < 1.29 is 32.2 Å². The second-order valence-corrected chi connectivity index (χ2v) is 4.42. The SMILES string of the molecule is CCCOC(C)(O)C(=O)c1c(F)c(F)c(C)c(F)c1F. The van der Waals surface area contributed by atoms with Crippen molar-refractivity contribution in [3.8, 4) is 0 Å². The summed E-state index contributed by atoms with van der Waals surface area (Å²) in [6.45, 7) is 3.28. The van der Waals surface area contributed by atoms with Gasteiger partial charge in [0.05, 0.1) is 6.61 Å². The Kier molecular flexibility index (Phi) is 4.88. The summed E-state index contributed by atoms with van der Waals surface area (Å²) < 4.78 is 58.8. The van der Waals surface area contributed by atoms with Crippen LogP contribution in [0.3, 0.4) is 0 Å². The predicted molar refractivity (Wildman–Crippen MR) is 62.2 cm³/mol. The van der Waals surface area contributed by atoms with Crippen LogP contribution in [0.15, 0.2) is 0 Å². The molecule has 20 heavy (non-hydrogen) atoms. The molecular weight excluding hydrogens is 280 g/mol. The number of ketones is 1. The Balaban J connectivity index is 3.37. The van der Waals surface area contributed by atoms with E-state index in [0.717, 1.165) is 13.8 Å². The molecule has 0 heterocycles. The maximum Gasteiger partial charge on any atom is 0.228 e. The highest BCUT2D eigenvalue weighted by atomic mass is 19.2. The average molecular weight is 294 g/mol. The van der Waals surface area contributed by atoms with E-state index in [-0.39, 0.29) is 6.61 Å². The van der Waals surface area contributed by atoms with Crippen LogP contribution in [0.4, 0.5) is 17.6 Å². The van der Waals surface area contributed by atoms with Crippen molar-refractivity contribution in [1.29, 1.82) is 0 Å². The Morgan fingerprint density at radius 2 is 1.60 bits per heavy atom. The molecule has 0 saturated heterocycles. The van der Waals surface area contributed by atoms with Crippen molar-refractivity contribution in [1.82, 2.24) is 0 Å². The van der Waals surface area contributed by atoms with E-state index in [1.807, 2.05) is 0 Å². The second-order valence-electron chi connectivity index (χ2n) is 4.42. The van der Waals surface area contributed by atoms with Gasteiger partial charge in [0.1, 0.15) is 5.56 Å². The summed E-state index contributed by atoms with van der Waals surface area (Å²) >= 11 is 0. The zero-order valence-electron chi connectivity index (χ0n) is 11.2. The fourth-order valence-electron chi connectivity index (χ4n) is 1.54. The zero-order valence-corrected chi connectivity index (χ0v) is 11.2. The van der Waals surface area contributed by atoms with Gasteiger partial charge in [0.25, 0.3) is 0 Å². The first-order valence-electron chi connectivity index (χ1n) is 5.88. The van der Waals surface area contributed by atoms with Gasteiger partial charge in [-0.05, 0) is 20.3 Å². The van der Waals surface area contributed by atoms with Crippen LogP contribution in [0.25, 0.3) is 0 Å². The molecule has 0 aliphatic rings. The number of aliphatic hydroxyl groups is 1. The predicted octanol–water partition coefficient (Wildman–Crippen LogP) is 2.87. The first kappa shape index (κ1) is 16.6. The summed E-state index contributed by atoms with van der Waals surface area (Å²) in [5, 5.41) is 9.72. The molecule has 0 spiro atoms. The van der Waals surface area contributed by atoms with E-state index in [2.05, 4.69) is 0 Å². The molecule has 1 aromatic rings. The lowest BCUT2D eigenvalue weighted by atomic mass is 10.0. The van der Waals surface area contributed by atoms with Gasteiger partial charge in [0.15, 0.2) is 23.3 Å². The van der Waals surface area contributed by atoms with Crippen molar-refractivity contribution in [3.63, 3.8) is 0 Å². The number of hydrogen-bond acceptors (Lipinski definition) is 3. The molecule has 112 valence electrons. The maximum atomic E-state index is 13.6. The Hall–Kier alpha value is -1.47. The van der Waals surface area contributed by atoms with Gasteiger partial charge >= 0.3 is 0 Å². The lowest BCUT2D eigenvalue weighted by molar-refractivity contribution is -0.153. The third-order valence-corrected chi connectivity index (χ3v) is 2.72. The summed E-state index contributed by atoms with van der Waals surface area (Å²) in [6, 6.07) is 0. The highest BCUT2D eigenvalue weighted by Gasteiger charge is 2.38. The first-order valence-corrected chi connectivity index (χ1v) is 5.88. The Morgan fingerprint density at radius 1 is 1.15 bits per heavy atom. The van der Waals surface area contributed by atoms with Gasteiger partial charge in [-0.3, -0.25) is 4.79 Å². The van der Waals surface area contributed by atoms with Gasteiger partial charge in [-0.15, -0.1) is 0 Å². The molecule has 0 saturated carbocycles. The topological polar surface area (TPSA) is 46.5 Å². The highest BCUT2D eigenvalue weighted by Crippen LogP contribution is 2.27. The summed E-state index contributed by atoms with van der Waals surface area (Å²) in [5.41, 5.74) is -2.38. The van der Waals surface area contributed by atoms with Crippen LogP contribution in [0.5, 0.6) is 0 Å². The first-order chi connectivity index (χ1) is 9.15. The van der Waals surface area contributed by atoms with Crippen LogP contribution in [-0.4, -0.2) is 23.3 Å². The minimum Gasteiger partial charge on any atom is -0.359 e. The summed E-state index contributed by atoms with van der Waals surface area (Å²) in [4.78, 5) is 11.8. The van der Waals surface area contributed by atoms with E-state index in [0.29, 0.717) is 6.42 Å². The van der Waals surface area contributed by atoms with Crippen molar-refractivity contribution >= 4 is 5.78 Å². The van der Waals surface area contributed by atoms with Crippen molar-refractivity contribution in [2.75, 3.05) is 6.61 Å². The molecule has 7 heteroatoms. The molecule has 0 bridgehead atoms. The van der Waals surface area contributed by atoms with E-state index in [1.54, 1.807) is 6.92 Å². The smallest absolute Gasteiger partial charge is 0.228 e. The molecule has 3 nitrogen and oxygen atoms in total. The third-order valence-electron chi connectivity index (χ3n) is 2.72. The Labute approximate surface area is 113 Å². The largest absolute Gasteiger partial charge is 0.359 e. The van der Waals surface area contributed by atoms with Crippen LogP contribution >= 0.6 is 0 Å². The Morgan fingerprint density at radius 3 is 2.00 bits per heavy atom. The van der Waals surface area contributed by atoms with E-state index in [1.165, 1.54) is 0 Å². The van der Waals surface area contributed by atoms with Gasteiger partial charge in [0, 0.05) is 5.56 Å². The summed E-state index contributed by atoms with van der Waals surface area (Å²) in [6.07, 6.45) is 0.422. The van der Waals surface area contributed by atoms with Crippen molar-refractivity contribution in [3.05, 3.63) is 34.4 Å². The van der Waals surface area contributed by atoms with Gasteiger partial charge in [-0.1, -0.05) is 6.92 Å². The van der Waals surface area contributed by atoms with Crippen LogP contribution in [0.1, 0.15) is 36.2 Å². The van der Waals surface area contributed by atoms with Crippen molar-refractivity contribution in [2.45, 2.75) is 33.0 Å². The molecule has 1 aromatic carbocycles. The highest BCUT2D eigenvalue weighted by molar-refractivity contribution is 6.01. The standard InChI is InChI=1S/C13H14F4O3/c1-4-5-20-13(3,19)12(18)7-10(16)8(14)6(2)9(15)11(7)17/h19H,4-5H2,1-3H3. The Bertz CT molecular complexity index is 512. The number of rotatable bonds is 5. The summed E-state index contributed by atoms with van der Waals surface area (Å²) in [5.74, 6) is -11.2. The molecule has 1 unspecified atom stereocenters. The number of benzene rings is 1. The number of halogens is 4. The number of hydrogen-bond donors (Lipinski definition) is 1. The molecule has 0 aliphatic heterocycles. The van der Waals surface area contributed by atoms with Crippen molar-refractivity contribution in [2.24, 2.45) is 0 Å². The van der Waals surface area contributed by atoms with Crippen LogP contribution in [-0.2, 0) is 4.74 Å². The minimum absolute atomic E-state index is 0.0706. The zero-order chi connectivity index (χ0) is 15.7. The number of Topliss-reactive ketones (excluding diaryl/α,β-unsaturated/α-hetero) is 1. The number of ether oxygens (including phenoxy) is 1. The van der Waals surface area contributed by atoms with Crippen LogP contribution in [0.2, 0.25) is 0 Å². The van der Waals surface area contributed by atoms with E-state index in [9.17, 15) is 27.5 Å². The minimum atomic E-state index is -2.58. The molecule has 1 atom stereocenters. The van der Waals surface area contributed by atoms with Gasteiger partial charge < -0.3 is 9.84 Å². The lowest BCUT2D eigenvalue weighted by Gasteiger charge is -2.22. The van der Waals surface area contributed by atoms with Crippen LogP contribution in [0, 0.1) is 30.2 Å². The molecule has 1 rings (SSSR count). The normalized spacial score (nSPS) is 14.2. The molecule has 0 aliphatic carbocycles. The monoisotopic (exact) mass is 294 g/mol. The van der Waals surface area contributed by atoms with Crippen LogP contribution < -0.4 is 0 Å². The summed E-state index contributed by atoms with van der Waals surface area (Å²) in [7, 11) is 0. The molecule has 1 N–H and O–H groups in total. The second kappa shape index (κ2) is 5.88. The quantitative estimate of drug-likeness (QED) is 0.393. The number of carbonyl (C=O) groups excluding carboxylic acids is 1. The average Bonchev–Trinajstić information content (AvgIpc) is 2.40. The van der Waals surface area contributed by atoms with Gasteiger partial charge in [-0.25, -0.2) is 17.6 Å². The molecular formula is C13H14F4O3. The number of carbonyl (C=O) groups is 1. The molecule has 0 fully saturated rings. The van der Waals surface area contributed by atoms with Gasteiger partial charge in [0.2, 0.25) is 11.6 Å². The fourth-order valence-corrected chi connectivity index (χ4v) is 1.54. The molecule has 0 amide bonds. The van der Waals surface area contributed by atoms with Gasteiger partial charge in [-0.2, -0.15) is 0 Å². The maximum absolute atomic E-state index is 13.6. The third kappa shape index (κ3) is 2.83. The lowest BCUT2D eigenvalue weighted by Crippen LogP contribution is -2.40. The van der Waals surface area contributed by atoms with E-state index < -0.39 is 46.0 Å². The van der Waals surface area contributed by atoms with E-state index >= 15 is 0 Å².